The van der Waals surface area contributed by atoms with Crippen molar-refractivity contribution in [2.75, 3.05) is 6.54 Å². The van der Waals surface area contributed by atoms with E-state index in [-0.39, 0.29) is 18.5 Å². The molecule has 2 amide bonds. The largest absolute Gasteiger partial charge is 0.471 e. The normalized spacial score (nSPS) is 16.9. The lowest BCUT2D eigenvalue weighted by Gasteiger charge is -2.33. The quantitative estimate of drug-likeness (QED) is 0.819. The predicted octanol–water partition coefficient (Wildman–Crippen LogP) is 3.89. The molecule has 1 N–H and O–H groups in total. The van der Waals surface area contributed by atoms with Gasteiger partial charge in [-0.1, -0.05) is 32.8 Å². The average molecular weight is 376 g/mol. The summed E-state index contributed by atoms with van der Waals surface area (Å²) in [7, 11) is 0. The first kappa shape index (κ1) is 19.8. The van der Waals surface area contributed by atoms with Crippen LogP contribution in [0.1, 0.15) is 50.4 Å². The second-order valence-corrected chi connectivity index (χ2v) is 7.74. The number of halogens is 3. The third-order valence-electron chi connectivity index (χ3n) is 4.14. The van der Waals surface area contributed by atoms with E-state index in [2.05, 4.69) is 5.32 Å². The SMILES string of the molecule is CC(C)CN(C(=O)C(F)(F)F)[C@H](C(=O)NC1CCCC1)c1cccs1. The molecule has 1 aromatic rings. The molecule has 1 aliphatic carbocycles. The van der Waals surface area contributed by atoms with Gasteiger partial charge in [0.05, 0.1) is 0 Å². The van der Waals surface area contributed by atoms with E-state index >= 15 is 0 Å². The summed E-state index contributed by atoms with van der Waals surface area (Å²) in [6.07, 6.45) is -1.39. The Kier molecular flexibility index (Phi) is 6.48. The van der Waals surface area contributed by atoms with Crippen molar-refractivity contribution >= 4 is 23.2 Å². The highest BCUT2D eigenvalue weighted by molar-refractivity contribution is 7.10. The highest BCUT2D eigenvalue weighted by atomic mass is 32.1. The monoisotopic (exact) mass is 376 g/mol. The minimum absolute atomic E-state index is 0.0307. The van der Waals surface area contributed by atoms with Crippen LogP contribution in [0.2, 0.25) is 0 Å². The summed E-state index contributed by atoms with van der Waals surface area (Å²) in [5, 5.41) is 4.53. The summed E-state index contributed by atoms with van der Waals surface area (Å²) >= 11 is 1.18. The summed E-state index contributed by atoms with van der Waals surface area (Å²) in [4.78, 5) is 25.9. The predicted molar refractivity (Wildman–Crippen MR) is 90.1 cm³/mol. The Morgan fingerprint density at radius 3 is 2.44 bits per heavy atom. The molecule has 1 atom stereocenters. The first-order valence-electron chi connectivity index (χ1n) is 8.41. The van der Waals surface area contributed by atoms with Gasteiger partial charge in [-0.25, -0.2) is 0 Å². The van der Waals surface area contributed by atoms with Gasteiger partial charge in [0.1, 0.15) is 6.04 Å². The zero-order valence-electron chi connectivity index (χ0n) is 14.3. The Hall–Kier alpha value is -1.57. The van der Waals surface area contributed by atoms with E-state index < -0.39 is 24.0 Å². The number of hydrogen-bond donors (Lipinski definition) is 1. The summed E-state index contributed by atoms with van der Waals surface area (Å²) in [6.45, 7) is 3.30. The number of carbonyl (C=O) groups is 2. The first-order valence-corrected chi connectivity index (χ1v) is 9.29. The molecule has 140 valence electrons. The molecule has 1 heterocycles. The Bertz CT molecular complexity index is 581. The Labute approximate surface area is 149 Å². The summed E-state index contributed by atoms with van der Waals surface area (Å²) in [5.74, 6) is -2.71. The molecule has 0 spiro atoms. The molecule has 1 fully saturated rings. The molecule has 0 aliphatic heterocycles. The molecule has 0 saturated heterocycles. The second kappa shape index (κ2) is 8.21. The number of hydrogen-bond acceptors (Lipinski definition) is 3. The maximum atomic E-state index is 13.1. The van der Waals surface area contributed by atoms with E-state index in [9.17, 15) is 22.8 Å². The van der Waals surface area contributed by atoms with Gasteiger partial charge in [0.15, 0.2) is 0 Å². The number of carbonyl (C=O) groups excluding carboxylic acids is 2. The smallest absolute Gasteiger partial charge is 0.351 e. The van der Waals surface area contributed by atoms with Crippen molar-refractivity contribution in [3.8, 4) is 0 Å². The number of amides is 2. The Morgan fingerprint density at radius 2 is 1.96 bits per heavy atom. The highest BCUT2D eigenvalue weighted by Gasteiger charge is 2.47. The fraction of sp³-hybridized carbons (Fsp3) is 0.647. The zero-order chi connectivity index (χ0) is 18.6. The van der Waals surface area contributed by atoms with Crippen LogP contribution in [0.25, 0.3) is 0 Å². The van der Waals surface area contributed by atoms with Gasteiger partial charge in [0, 0.05) is 17.5 Å². The van der Waals surface area contributed by atoms with Gasteiger partial charge in [-0.2, -0.15) is 13.2 Å². The van der Waals surface area contributed by atoms with E-state index in [1.165, 1.54) is 11.3 Å². The number of nitrogens with one attached hydrogen (secondary N) is 1. The molecule has 8 heteroatoms. The number of rotatable bonds is 6. The molecule has 1 aliphatic rings. The lowest BCUT2D eigenvalue weighted by molar-refractivity contribution is -0.189. The molecule has 0 aromatic carbocycles. The minimum Gasteiger partial charge on any atom is -0.351 e. The molecular weight excluding hydrogens is 353 g/mol. The molecule has 0 unspecified atom stereocenters. The molecule has 2 rings (SSSR count). The van der Waals surface area contributed by atoms with Gasteiger partial charge in [-0.3, -0.25) is 9.59 Å². The van der Waals surface area contributed by atoms with Crippen LogP contribution in [-0.4, -0.2) is 35.5 Å². The number of nitrogens with zero attached hydrogens (tertiary/aromatic N) is 1. The van der Waals surface area contributed by atoms with Crippen molar-refractivity contribution in [3.05, 3.63) is 22.4 Å². The van der Waals surface area contributed by atoms with Crippen LogP contribution in [-0.2, 0) is 9.59 Å². The maximum Gasteiger partial charge on any atom is 0.471 e. The van der Waals surface area contributed by atoms with Crippen molar-refractivity contribution < 1.29 is 22.8 Å². The van der Waals surface area contributed by atoms with Gasteiger partial charge < -0.3 is 10.2 Å². The van der Waals surface area contributed by atoms with E-state index in [4.69, 9.17) is 0 Å². The zero-order valence-corrected chi connectivity index (χ0v) is 15.1. The topological polar surface area (TPSA) is 49.4 Å². The number of thiophene rings is 1. The van der Waals surface area contributed by atoms with Crippen LogP contribution in [0, 0.1) is 5.92 Å². The summed E-state index contributed by atoms with van der Waals surface area (Å²) < 4.78 is 39.3. The molecule has 0 radical (unpaired) electrons. The van der Waals surface area contributed by atoms with E-state index in [1.54, 1.807) is 31.4 Å². The first-order chi connectivity index (χ1) is 11.7. The fourth-order valence-corrected chi connectivity index (χ4v) is 3.92. The highest BCUT2D eigenvalue weighted by Crippen LogP contribution is 2.31. The third-order valence-corrected chi connectivity index (χ3v) is 5.06. The molecule has 1 aromatic heterocycles. The third kappa shape index (κ3) is 5.20. The van der Waals surface area contributed by atoms with Gasteiger partial charge in [-0.15, -0.1) is 11.3 Å². The van der Waals surface area contributed by atoms with E-state index in [0.29, 0.717) is 9.78 Å². The van der Waals surface area contributed by atoms with Crippen LogP contribution >= 0.6 is 11.3 Å². The standard InChI is InChI=1S/C17H23F3N2O2S/c1-11(2)10-22(16(24)17(18,19)20)14(13-8-5-9-25-13)15(23)21-12-6-3-4-7-12/h5,8-9,11-12,14H,3-4,6-7,10H2,1-2H3,(H,21,23)/t14-/m0/s1. The van der Waals surface area contributed by atoms with Crippen molar-refractivity contribution in [2.45, 2.75) is 57.8 Å². The van der Waals surface area contributed by atoms with Crippen molar-refractivity contribution in [1.82, 2.24) is 10.2 Å². The summed E-state index contributed by atoms with van der Waals surface area (Å²) in [5.41, 5.74) is 0. The number of alkyl halides is 3. The van der Waals surface area contributed by atoms with Crippen molar-refractivity contribution in [1.29, 1.82) is 0 Å². The van der Waals surface area contributed by atoms with Crippen molar-refractivity contribution in [3.63, 3.8) is 0 Å². The Balaban J connectivity index is 2.32. The van der Waals surface area contributed by atoms with Gasteiger partial charge in [-0.05, 0) is 30.2 Å². The van der Waals surface area contributed by atoms with Crippen LogP contribution < -0.4 is 5.32 Å². The lowest BCUT2D eigenvalue weighted by atomic mass is 10.1. The van der Waals surface area contributed by atoms with E-state index in [1.807, 2.05) is 0 Å². The second-order valence-electron chi connectivity index (χ2n) is 6.76. The molecule has 25 heavy (non-hydrogen) atoms. The average Bonchev–Trinajstić information content (AvgIpc) is 3.18. The van der Waals surface area contributed by atoms with Crippen LogP contribution in [0.5, 0.6) is 0 Å². The molecule has 4 nitrogen and oxygen atoms in total. The maximum absolute atomic E-state index is 13.1. The van der Waals surface area contributed by atoms with E-state index in [0.717, 1.165) is 25.7 Å². The Morgan fingerprint density at radius 1 is 1.32 bits per heavy atom. The fourth-order valence-electron chi connectivity index (χ4n) is 3.08. The molecule has 1 saturated carbocycles. The van der Waals surface area contributed by atoms with Crippen LogP contribution in [0.3, 0.4) is 0 Å². The van der Waals surface area contributed by atoms with Gasteiger partial charge in [0.25, 0.3) is 0 Å². The van der Waals surface area contributed by atoms with Gasteiger partial charge in [0.2, 0.25) is 5.91 Å². The molecule has 0 bridgehead atoms. The van der Waals surface area contributed by atoms with Crippen molar-refractivity contribution in [2.24, 2.45) is 5.92 Å². The molecular formula is C17H23F3N2O2S. The summed E-state index contributed by atoms with van der Waals surface area (Å²) in [6, 6.07) is 1.98. The van der Waals surface area contributed by atoms with Crippen LogP contribution in [0.15, 0.2) is 17.5 Å². The van der Waals surface area contributed by atoms with Crippen LogP contribution in [0.4, 0.5) is 13.2 Å². The minimum atomic E-state index is -5.02. The lowest BCUT2D eigenvalue weighted by Crippen LogP contribution is -2.50. The van der Waals surface area contributed by atoms with Gasteiger partial charge >= 0.3 is 12.1 Å².